The first-order valence-corrected chi connectivity index (χ1v) is 8.73. The summed E-state index contributed by atoms with van der Waals surface area (Å²) < 4.78 is 6.30. The van der Waals surface area contributed by atoms with Gasteiger partial charge < -0.3 is 20.1 Å². The van der Waals surface area contributed by atoms with Crippen molar-refractivity contribution in [3.8, 4) is 0 Å². The number of hydrogen-bond acceptors (Lipinski definition) is 4. The average molecular weight is 308 g/mol. The quantitative estimate of drug-likeness (QED) is 0.595. The van der Waals surface area contributed by atoms with Crippen molar-refractivity contribution in [3.63, 3.8) is 0 Å². The van der Waals surface area contributed by atoms with Crippen LogP contribution in [0.25, 0.3) is 0 Å². The molecule has 8 atom stereocenters. The van der Waals surface area contributed by atoms with Crippen LogP contribution in [0.5, 0.6) is 0 Å². The van der Waals surface area contributed by atoms with E-state index in [0.717, 1.165) is 25.7 Å². The molecule has 0 amide bonds. The first kappa shape index (κ1) is 15.1. The lowest BCUT2D eigenvalue weighted by atomic mass is 9.53. The zero-order valence-electron chi connectivity index (χ0n) is 13.5. The number of fused-ring (bicyclic) bond motifs is 5. The second-order valence-corrected chi connectivity index (χ2v) is 8.50. The summed E-state index contributed by atoms with van der Waals surface area (Å²) in [5.74, 6) is 0.440. The predicted molar refractivity (Wildman–Crippen MR) is 82.1 cm³/mol. The smallest absolute Gasteiger partial charge is 0.0724 e. The minimum Gasteiger partial charge on any atom is -0.392 e. The normalized spacial score (nSPS) is 57.6. The third-order valence-corrected chi connectivity index (χ3v) is 7.34. The predicted octanol–water partition coefficient (Wildman–Crippen LogP) is 1.63. The van der Waals surface area contributed by atoms with Crippen LogP contribution in [0, 0.1) is 22.7 Å². The molecule has 2 saturated carbocycles. The fourth-order valence-electron chi connectivity index (χ4n) is 5.85. The van der Waals surface area contributed by atoms with Gasteiger partial charge in [0, 0.05) is 16.7 Å². The van der Waals surface area contributed by atoms with Crippen LogP contribution < -0.4 is 0 Å². The standard InChI is InChI=1S/C18H28O4/c1-17-6-5-11(19)7-10(17)8-13(20)15-12-3-4-14(21)18(12,2)9-22-16(15)17/h7,11-16,19-21H,3-6,8-9H2,1-2H3/t11-,12?,13-,14-,15?,16?,17-,18-/m0/s1. The molecule has 1 saturated heterocycles. The molecular formula is C18H28O4. The highest BCUT2D eigenvalue weighted by atomic mass is 16.5. The van der Waals surface area contributed by atoms with Gasteiger partial charge in [-0.3, -0.25) is 0 Å². The average Bonchev–Trinajstić information content (AvgIpc) is 2.77. The summed E-state index contributed by atoms with van der Waals surface area (Å²) in [5.41, 5.74) is 0.883. The van der Waals surface area contributed by atoms with Crippen LogP contribution in [0.2, 0.25) is 0 Å². The Balaban J connectivity index is 1.72. The van der Waals surface area contributed by atoms with Gasteiger partial charge in [-0.15, -0.1) is 0 Å². The van der Waals surface area contributed by atoms with Gasteiger partial charge in [0.05, 0.1) is 31.0 Å². The number of aliphatic hydroxyl groups is 3. The van der Waals surface area contributed by atoms with Crippen LogP contribution in [0.15, 0.2) is 11.6 Å². The summed E-state index contributed by atoms with van der Waals surface area (Å²) in [7, 11) is 0. The molecular weight excluding hydrogens is 280 g/mol. The summed E-state index contributed by atoms with van der Waals surface area (Å²) in [6.45, 7) is 4.94. The van der Waals surface area contributed by atoms with E-state index in [2.05, 4.69) is 13.8 Å². The van der Waals surface area contributed by atoms with Crippen molar-refractivity contribution in [2.75, 3.05) is 6.61 Å². The Morgan fingerprint density at radius 3 is 2.68 bits per heavy atom. The van der Waals surface area contributed by atoms with Gasteiger partial charge in [0.25, 0.3) is 0 Å². The Morgan fingerprint density at radius 2 is 1.91 bits per heavy atom. The topological polar surface area (TPSA) is 69.9 Å². The molecule has 0 aromatic heterocycles. The van der Waals surface area contributed by atoms with E-state index in [1.54, 1.807) is 0 Å². The van der Waals surface area contributed by atoms with Crippen molar-refractivity contribution in [1.29, 1.82) is 0 Å². The fourth-order valence-corrected chi connectivity index (χ4v) is 5.85. The Morgan fingerprint density at radius 1 is 1.14 bits per heavy atom. The Bertz CT molecular complexity index is 503. The molecule has 124 valence electrons. The first-order chi connectivity index (χ1) is 10.4. The van der Waals surface area contributed by atoms with E-state index in [0.29, 0.717) is 18.9 Å². The molecule has 3 unspecified atom stereocenters. The van der Waals surface area contributed by atoms with Crippen LogP contribution in [0.3, 0.4) is 0 Å². The summed E-state index contributed by atoms with van der Waals surface area (Å²) in [5, 5.41) is 31.1. The Labute approximate surface area is 132 Å². The molecule has 3 fully saturated rings. The molecule has 4 aliphatic rings. The van der Waals surface area contributed by atoms with E-state index >= 15 is 0 Å². The molecule has 22 heavy (non-hydrogen) atoms. The molecule has 4 heteroatoms. The van der Waals surface area contributed by atoms with Crippen molar-refractivity contribution in [2.45, 2.75) is 70.4 Å². The van der Waals surface area contributed by atoms with Crippen LogP contribution in [-0.4, -0.2) is 46.3 Å². The Kier molecular flexibility index (Phi) is 3.29. The summed E-state index contributed by atoms with van der Waals surface area (Å²) in [6.07, 6.45) is 4.97. The lowest BCUT2D eigenvalue weighted by Crippen LogP contribution is -2.61. The highest BCUT2D eigenvalue weighted by Gasteiger charge is 2.62. The third kappa shape index (κ3) is 1.84. The second kappa shape index (κ2) is 4.79. The molecule has 1 heterocycles. The third-order valence-electron chi connectivity index (χ3n) is 7.34. The van der Waals surface area contributed by atoms with Gasteiger partial charge in [-0.2, -0.15) is 0 Å². The molecule has 0 aromatic rings. The molecule has 4 rings (SSSR count). The molecule has 3 aliphatic carbocycles. The van der Waals surface area contributed by atoms with Crippen molar-refractivity contribution in [1.82, 2.24) is 0 Å². The second-order valence-electron chi connectivity index (χ2n) is 8.50. The van der Waals surface area contributed by atoms with Gasteiger partial charge in [0.2, 0.25) is 0 Å². The maximum atomic E-state index is 10.8. The van der Waals surface area contributed by atoms with E-state index in [-0.39, 0.29) is 35.1 Å². The lowest BCUT2D eigenvalue weighted by molar-refractivity contribution is -0.216. The van der Waals surface area contributed by atoms with Crippen LogP contribution >= 0.6 is 0 Å². The SMILES string of the molecule is C[C@]12CC[C@H](O)C=C1C[C@H](O)C1C2OC[C@@]2(C)C1CC[C@@H]2O. The van der Waals surface area contributed by atoms with Crippen molar-refractivity contribution >= 4 is 0 Å². The highest BCUT2D eigenvalue weighted by Crippen LogP contribution is 2.60. The minimum absolute atomic E-state index is 0.0124. The van der Waals surface area contributed by atoms with Crippen molar-refractivity contribution < 1.29 is 20.1 Å². The van der Waals surface area contributed by atoms with Gasteiger partial charge in [-0.25, -0.2) is 0 Å². The summed E-state index contributed by atoms with van der Waals surface area (Å²) >= 11 is 0. The number of hydrogen-bond donors (Lipinski definition) is 3. The summed E-state index contributed by atoms with van der Waals surface area (Å²) in [4.78, 5) is 0. The molecule has 3 N–H and O–H groups in total. The Hall–Kier alpha value is -0.420. The molecule has 0 spiro atoms. The van der Waals surface area contributed by atoms with E-state index in [1.807, 2.05) is 6.08 Å². The van der Waals surface area contributed by atoms with Crippen LogP contribution in [0.1, 0.15) is 46.0 Å². The van der Waals surface area contributed by atoms with Crippen molar-refractivity contribution in [3.05, 3.63) is 11.6 Å². The molecule has 0 radical (unpaired) electrons. The molecule has 1 aliphatic heterocycles. The minimum atomic E-state index is -0.426. The van der Waals surface area contributed by atoms with Gasteiger partial charge in [0.15, 0.2) is 0 Å². The zero-order chi connectivity index (χ0) is 15.7. The maximum Gasteiger partial charge on any atom is 0.0724 e. The van der Waals surface area contributed by atoms with E-state index < -0.39 is 6.10 Å². The van der Waals surface area contributed by atoms with Gasteiger partial charge >= 0.3 is 0 Å². The fraction of sp³-hybridized carbons (Fsp3) is 0.889. The first-order valence-electron chi connectivity index (χ1n) is 8.73. The molecule has 4 nitrogen and oxygen atoms in total. The molecule has 0 aromatic carbocycles. The van der Waals surface area contributed by atoms with Gasteiger partial charge in [-0.1, -0.05) is 25.5 Å². The lowest BCUT2D eigenvalue weighted by Gasteiger charge is -2.58. The van der Waals surface area contributed by atoms with Crippen LogP contribution in [0.4, 0.5) is 0 Å². The molecule has 0 bridgehead atoms. The zero-order valence-corrected chi connectivity index (χ0v) is 13.5. The number of ether oxygens (including phenoxy) is 1. The van der Waals surface area contributed by atoms with Crippen molar-refractivity contribution in [2.24, 2.45) is 22.7 Å². The van der Waals surface area contributed by atoms with E-state index in [1.165, 1.54) is 5.57 Å². The van der Waals surface area contributed by atoms with E-state index in [4.69, 9.17) is 4.74 Å². The van der Waals surface area contributed by atoms with Gasteiger partial charge in [0.1, 0.15) is 0 Å². The largest absolute Gasteiger partial charge is 0.392 e. The monoisotopic (exact) mass is 308 g/mol. The summed E-state index contributed by atoms with van der Waals surface area (Å²) in [6, 6.07) is 0. The number of aliphatic hydroxyl groups excluding tert-OH is 3. The number of rotatable bonds is 0. The highest BCUT2D eigenvalue weighted by molar-refractivity contribution is 5.27. The van der Waals surface area contributed by atoms with Crippen LogP contribution in [-0.2, 0) is 4.74 Å². The maximum absolute atomic E-state index is 10.8. The van der Waals surface area contributed by atoms with Gasteiger partial charge in [-0.05, 0) is 38.0 Å². The van der Waals surface area contributed by atoms with E-state index in [9.17, 15) is 15.3 Å².